The molecule has 1 heterocycles. The van der Waals surface area contributed by atoms with E-state index >= 15 is 0 Å². The first-order valence-electron chi connectivity index (χ1n) is 7.20. The standard InChI is InChI=1S/C16H11BrN4O4S/c1-20-15(11-7-10(17)3-4-13(11)23)18-19-16(20)26-14-5-2-9(8-22)6-12(14)21(24)25/h2-8,23H,1H3. The summed E-state index contributed by atoms with van der Waals surface area (Å²) in [7, 11) is 1.70. The van der Waals surface area contributed by atoms with E-state index in [1.807, 2.05) is 0 Å². The first-order chi connectivity index (χ1) is 12.4. The maximum Gasteiger partial charge on any atom is 0.284 e. The van der Waals surface area contributed by atoms with Crippen molar-refractivity contribution in [2.45, 2.75) is 10.1 Å². The molecule has 3 rings (SSSR count). The number of phenolic OH excluding ortho intramolecular Hbond substituents is 1. The van der Waals surface area contributed by atoms with Crippen LogP contribution >= 0.6 is 27.7 Å². The predicted octanol–water partition coefficient (Wildman–Crippen LogP) is 3.82. The minimum absolute atomic E-state index is 0.0431. The average molecular weight is 435 g/mol. The van der Waals surface area contributed by atoms with Gasteiger partial charge in [-0.15, -0.1) is 10.2 Å². The lowest BCUT2D eigenvalue weighted by Gasteiger charge is -2.06. The Morgan fingerprint density at radius 1 is 1.27 bits per heavy atom. The van der Waals surface area contributed by atoms with Gasteiger partial charge >= 0.3 is 0 Å². The van der Waals surface area contributed by atoms with Crippen LogP contribution < -0.4 is 0 Å². The molecule has 10 heteroatoms. The average Bonchev–Trinajstić information content (AvgIpc) is 2.97. The highest BCUT2D eigenvalue weighted by atomic mass is 79.9. The van der Waals surface area contributed by atoms with Crippen LogP contribution in [0.2, 0.25) is 0 Å². The van der Waals surface area contributed by atoms with Gasteiger partial charge in [0.1, 0.15) is 12.0 Å². The zero-order valence-corrected chi connectivity index (χ0v) is 15.7. The molecule has 1 aromatic heterocycles. The fraction of sp³-hybridized carbons (Fsp3) is 0.0625. The molecule has 0 aliphatic carbocycles. The lowest BCUT2D eigenvalue weighted by molar-refractivity contribution is -0.387. The van der Waals surface area contributed by atoms with Gasteiger partial charge in [0.25, 0.3) is 5.69 Å². The highest BCUT2D eigenvalue weighted by Gasteiger charge is 2.20. The molecule has 0 atom stereocenters. The number of phenols is 1. The molecular formula is C16H11BrN4O4S. The number of benzene rings is 2. The lowest BCUT2D eigenvalue weighted by atomic mass is 10.2. The second kappa shape index (κ2) is 7.26. The topological polar surface area (TPSA) is 111 Å². The molecule has 26 heavy (non-hydrogen) atoms. The molecule has 3 aromatic rings. The molecule has 0 fully saturated rings. The summed E-state index contributed by atoms with van der Waals surface area (Å²) in [6, 6.07) is 9.14. The van der Waals surface area contributed by atoms with Gasteiger partial charge in [-0.25, -0.2) is 0 Å². The molecule has 0 unspecified atom stereocenters. The largest absolute Gasteiger partial charge is 0.507 e. The van der Waals surface area contributed by atoms with Crippen LogP contribution in [-0.2, 0) is 7.05 Å². The summed E-state index contributed by atoms with van der Waals surface area (Å²) in [5, 5.41) is 29.9. The number of halogens is 1. The Morgan fingerprint density at radius 2 is 2.04 bits per heavy atom. The first kappa shape index (κ1) is 18.1. The third-order valence-electron chi connectivity index (χ3n) is 3.55. The molecular weight excluding hydrogens is 424 g/mol. The van der Waals surface area contributed by atoms with Gasteiger partial charge in [0, 0.05) is 23.2 Å². The van der Waals surface area contributed by atoms with E-state index in [-0.39, 0.29) is 17.0 Å². The van der Waals surface area contributed by atoms with E-state index in [0.717, 1.165) is 16.2 Å². The van der Waals surface area contributed by atoms with Crippen molar-refractivity contribution in [3.8, 4) is 17.1 Å². The highest BCUT2D eigenvalue weighted by Crippen LogP contribution is 2.37. The molecule has 8 nitrogen and oxygen atoms in total. The second-order valence-electron chi connectivity index (χ2n) is 5.23. The van der Waals surface area contributed by atoms with Gasteiger partial charge in [0.05, 0.1) is 15.4 Å². The van der Waals surface area contributed by atoms with Gasteiger partial charge in [0.2, 0.25) is 0 Å². The third kappa shape index (κ3) is 3.46. The molecule has 2 aromatic carbocycles. The summed E-state index contributed by atoms with van der Waals surface area (Å²) in [5.74, 6) is 0.458. The van der Waals surface area contributed by atoms with E-state index in [1.165, 1.54) is 24.3 Å². The van der Waals surface area contributed by atoms with Gasteiger partial charge in [0.15, 0.2) is 11.0 Å². The first-order valence-corrected chi connectivity index (χ1v) is 8.81. The van der Waals surface area contributed by atoms with Crippen LogP contribution in [0.3, 0.4) is 0 Å². The fourth-order valence-electron chi connectivity index (χ4n) is 2.26. The number of nitro groups is 1. The Balaban J connectivity index is 2.01. The number of nitro benzene ring substituents is 1. The number of carbonyl (C=O) groups is 1. The molecule has 0 aliphatic rings. The third-order valence-corrected chi connectivity index (χ3v) is 5.15. The van der Waals surface area contributed by atoms with Crippen molar-refractivity contribution in [3.05, 3.63) is 56.5 Å². The SMILES string of the molecule is Cn1c(Sc2ccc(C=O)cc2[N+](=O)[O-])nnc1-c1cc(Br)ccc1O. The van der Waals surface area contributed by atoms with Crippen LogP contribution in [0, 0.1) is 10.1 Å². The summed E-state index contributed by atoms with van der Waals surface area (Å²) < 4.78 is 2.39. The van der Waals surface area contributed by atoms with Gasteiger partial charge < -0.3 is 9.67 Å². The Labute approximate surface area is 160 Å². The van der Waals surface area contributed by atoms with Crippen molar-refractivity contribution in [2.75, 3.05) is 0 Å². The quantitative estimate of drug-likeness (QED) is 0.368. The number of hydrogen-bond acceptors (Lipinski definition) is 7. The summed E-state index contributed by atoms with van der Waals surface area (Å²) >= 11 is 4.39. The number of aromatic nitrogens is 3. The maximum atomic E-state index is 11.3. The van der Waals surface area contributed by atoms with Crippen molar-refractivity contribution >= 4 is 39.7 Å². The molecule has 0 radical (unpaired) electrons. The summed E-state index contributed by atoms with van der Waals surface area (Å²) in [5.41, 5.74) is 0.514. The van der Waals surface area contributed by atoms with Crippen LogP contribution in [0.1, 0.15) is 10.4 Å². The van der Waals surface area contributed by atoms with Crippen LogP contribution in [-0.4, -0.2) is 31.1 Å². The Kier molecular flexibility index (Phi) is 5.05. The van der Waals surface area contributed by atoms with Gasteiger partial charge in [-0.3, -0.25) is 14.9 Å². The van der Waals surface area contributed by atoms with Crippen molar-refractivity contribution in [2.24, 2.45) is 7.05 Å². The number of carbonyl (C=O) groups excluding carboxylic acids is 1. The lowest BCUT2D eigenvalue weighted by Crippen LogP contribution is -1.97. The predicted molar refractivity (Wildman–Crippen MR) is 98.4 cm³/mol. The second-order valence-corrected chi connectivity index (χ2v) is 7.16. The molecule has 0 aliphatic heterocycles. The van der Waals surface area contributed by atoms with Crippen LogP contribution in [0.4, 0.5) is 5.69 Å². The number of nitrogens with zero attached hydrogens (tertiary/aromatic N) is 4. The summed E-state index contributed by atoms with van der Waals surface area (Å²) in [6.07, 6.45) is 0.553. The molecule has 0 saturated heterocycles. The van der Waals surface area contributed by atoms with E-state index in [0.29, 0.717) is 27.7 Å². The van der Waals surface area contributed by atoms with E-state index in [9.17, 15) is 20.0 Å². The highest BCUT2D eigenvalue weighted by molar-refractivity contribution is 9.10. The molecule has 0 amide bonds. The van der Waals surface area contributed by atoms with Crippen LogP contribution in [0.5, 0.6) is 5.75 Å². The minimum atomic E-state index is -0.549. The van der Waals surface area contributed by atoms with Gasteiger partial charge in [-0.05, 0) is 36.0 Å². The summed E-state index contributed by atoms with van der Waals surface area (Å²) in [4.78, 5) is 21.9. The van der Waals surface area contributed by atoms with Crippen molar-refractivity contribution in [3.63, 3.8) is 0 Å². The van der Waals surface area contributed by atoms with Crippen LogP contribution in [0.15, 0.2) is 50.9 Å². The Bertz CT molecular complexity index is 1020. The van der Waals surface area contributed by atoms with E-state index in [4.69, 9.17) is 0 Å². The normalized spacial score (nSPS) is 10.7. The maximum absolute atomic E-state index is 11.3. The molecule has 0 saturated carbocycles. The number of rotatable bonds is 5. The number of hydrogen-bond donors (Lipinski definition) is 1. The zero-order chi connectivity index (χ0) is 18.8. The van der Waals surface area contributed by atoms with Crippen LogP contribution in [0.25, 0.3) is 11.4 Å². The molecule has 0 bridgehead atoms. The van der Waals surface area contributed by atoms with E-state index in [2.05, 4.69) is 26.1 Å². The minimum Gasteiger partial charge on any atom is -0.507 e. The van der Waals surface area contributed by atoms with E-state index < -0.39 is 4.92 Å². The van der Waals surface area contributed by atoms with Crippen molar-refractivity contribution in [1.82, 2.24) is 14.8 Å². The number of aldehydes is 1. The summed E-state index contributed by atoms with van der Waals surface area (Å²) in [6.45, 7) is 0. The fourth-order valence-corrected chi connectivity index (χ4v) is 3.50. The number of aromatic hydroxyl groups is 1. The van der Waals surface area contributed by atoms with Gasteiger partial charge in [-0.2, -0.15) is 0 Å². The van der Waals surface area contributed by atoms with Gasteiger partial charge in [-0.1, -0.05) is 22.0 Å². The zero-order valence-electron chi connectivity index (χ0n) is 13.3. The van der Waals surface area contributed by atoms with Crippen molar-refractivity contribution < 1.29 is 14.8 Å². The van der Waals surface area contributed by atoms with E-state index in [1.54, 1.807) is 23.7 Å². The molecule has 0 spiro atoms. The monoisotopic (exact) mass is 434 g/mol. The van der Waals surface area contributed by atoms with Crippen molar-refractivity contribution in [1.29, 1.82) is 0 Å². The molecule has 1 N–H and O–H groups in total. The Hall–Kier alpha value is -2.72. The Morgan fingerprint density at radius 3 is 2.73 bits per heavy atom. The molecule has 132 valence electrons. The smallest absolute Gasteiger partial charge is 0.284 e.